The molecule has 2 aromatic heterocycles. The van der Waals surface area contributed by atoms with Crippen molar-refractivity contribution in [1.82, 2.24) is 9.13 Å². The molecule has 0 saturated carbocycles. The van der Waals surface area contributed by atoms with Crippen molar-refractivity contribution in [1.29, 1.82) is 0 Å². The third-order valence-corrected chi connectivity index (χ3v) is 8.64. The maximum Gasteiger partial charge on any atom is 0.0755 e. The van der Waals surface area contributed by atoms with E-state index in [1.54, 1.807) is 9.13 Å². The number of aromatic nitrogens is 2. The van der Waals surface area contributed by atoms with Crippen molar-refractivity contribution in [2.45, 2.75) is 5.41 Å². The number of nitrogens with zero attached hydrogens (tertiary/aromatic N) is 2. The van der Waals surface area contributed by atoms with E-state index in [2.05, 4.69) is 24.3 Å². The first-order valence-electron chi connectivity index (χ1n) is 19.0. The molecule has 6 aromatic carbocycles. The van der Waals surface area contributed by atoms with Crippen LogP contribution in [0.3, 0.4) is 0 Å². The normalized spacial score (nSPS) is 16.6. The highest BCUT2D eigenvalue weighted by Gasteiger charge is 2.49. The van der Waals surface area contributed by atoms with E-state index in [-0.39, 0.29) is 35.5 Å². The summed E-state index contributed by atoms with van der Waals surface area (Å²) in [5.74, 6) is 0. The first-order valence-corrected chi connectivity index (χ1v) is 14.0. The minimum atomic E-state index is -1.09. The van der Waals surface area contributed by atoms with Crippen LogP contribution in [0.25, 0.3) is 44.3 Å². The summed E-state index contributed by atoms with van der Waals surface area (Å²) in [6, 6.07) is 27.4. The third kappa shape index (κ3) is 3.29. The van der Waals surface area contributed by atoms with Gasteiger partial charge in [-0.15, -0.1) is 0 Å². The first kappa shape index (κ1) is 16.1. The maximum atomic E-state index is 8.93. The molecule has 202 valence electrons. The minimum absolute atomic E-state index is 0.0229. The van der Waals surface area contributed by atoms with Crippen molar-refractivity contribution >= 4 is 21.8 Å². The number of rotatable bonds is 4. The van der Waals surface area contributed by atoms with Crippen LogP contribution in [-0.2, 0) is 5.41 Å². The van der Waals surface area contributed by atoms with Gasteiger partial charge in [-0.3, -0.25) is 0 Å². The third-order valence-electron chi connectivity index (χ3n) is 8.64. The Kier molecular flexibility index (Phi) is 3.46. The van der Waals surface area contributed by atoms with Crippen molar-refractivity contribution in [2.75, 3.05) is 0 Å². The summed E-state index contributed by atoms with van der Waals surface area (Å²) in [7, 11) is 0. The molecule has 0 saturated heterocycles. The molecule has 8 aromatic rings. The molecule has 0 fully saturated rings. The number of fused-ring (bicyclic) bond motifs is 5. The van der Waals surface area contributed by atoms with Crippen molar-refractivity contribution in [3.8, 4) is 22.5 Å². The molecule has 0 bridgehead atoms. The second kappa shape index (κ2) is 9.20. The quantitative estimate of drug-likeness (QED) is 0.203. The Balaban J connectivity index is 1.49. The van der Waals surface area contributed by atoms with Crippen LogP contribution in [0.5, 0.6) is 0 Å². The molecular formula is C41H28N2. The van der Waals surface area contributed by atoms with E-state index in [0.29, 0.717) is 11.0 Å². The standard InChI is InChI=1S/C41H28N2/c1-3-15-29(16-4-1)42-27-37(33-21-9-13-25-39(33)42)41(35-23-11-7-19-31(35)32-20-8-12-24-36(32)41)38-28-43(30-17-5-2-6-18-30)40-26-14-10-22-34(38)40/h1-28H/i1D,2D,3D,4D,5D,6D,15D,16D,17D,18D. The molecule has 0 aliphatic heterocycles. The predicted octanol–water partition coefficient (Wildman–Crippen LogP) is 9.94. The van der Waals surface area contributed by atoms with Crippen LogP contribution in [0, 0.1) is 0 Å². The van der Waals surface area contributed by atoms with Gasteiger partial charge in [0, 0.05) is 34.5 Å². The van der Waals surface area contributed by atoms with Gasteiger partial charge in [-0.05, 0) is 69.7 Å². The molecule has 43 heavy (non-hydrogen) atoms. The van der Waals surface area contributed by atoms with Crippen molar-refractivity contribution in [3.63, 3.8) is 0 Å². The van der Waals surface area contributed by atoms with Gasteiger partial charge in [0.25, 0.3) is 0 Å². The summed E-state index contributed by atoms with van der Waals surface area (Å²) in [4.78, 5) is 0. The summed E-state index contributed by atoms with van der Waals surface area (Å²) >= 11 is 0. The summed E-state index contributed by atoms with van der Waals surface area (Å²) in [5, 5.41) is 1.57. The average molecular weight is 559 g/mol. The van der Waals surface area contributed by atoms with Crippen LogP contribution in [0.4, 0.5) is 0 Å². The van der Waals surface area contributed by atoms with Gasteiger partial charge >= 0.3 is 0 Å². The zero-order valence-corrected chi connectivity index (χ0v) is 22.8. The molecule has 2 heteroatoms. The molecule has 2 heterocycles. The molecule has 1 aliphatic rings. The monoisotopic (exact) mass is 558 g/mol. The fourth-order valence-corrected chi connectivity index (χ4v) is 7.02. The lowest BCUT2D eigenvalue weighted by molar-refractivity contribution is 0.777. The second-order valence-corrected chi connectivity index (χ2v) is 10.6. The molecule has 2 nitrogen and oxygen atoms in total. The van der Waals surface area contributed by atoms with E-state index in [1.165, 1.54) is 0 Å². The lowest BCUT2D eigenvalue weighted by Crippen LogP contribution is -2.28. The van der Waals surface area contributed by atoms with Gasteiger partial charge in [0.1, 0.15) is 0 Å². The van der Waals surface area contributed by atoms with E-state index in [4.69, 9.17) is 13.7 Å². The van der Waals surface area contributed by atoms with Gasteiger partial charge in [0.15, 0.2) is 0 Å². The SMILES string of the molecule is [2H]c1c([2H])c([2H])c(-n2cc(C3(c4cn(-c5c([2H])c([2H])c([2H])c([2H])c5[2H])c5ccccc45)c4ccccc4-c4ccccc43)c3ccccc32)c([2H])c1[2H]. The predicted molar refractivity (Wildman–Crippen MR) is 177 cm³/mol. The summed E-state index contributed by atoms with van der Waals surface area (Å²) in [5.41, 5.74) is 5.64. The van der Waals surface area contributed by atoms with Crippen molar-refractivity contribution < 1.29 is 13.7 Å². The molecule has 0 unspecified atom stereocenters. The number of para-hydroxylation sites is 4. The Bertz CT molecular complexity index is 2620. The van der Waals surface area contributed by atoms with Crippen LogP contribution in [-0.4, -0.2) is 9.13 Å². The minimum Gasteiger partial charge on any atom is -0.316 e. The van der Waals surface area contributed by atoms with Crippen LogP contribution in [0.1, 0.15) is 36.0 Å². The molecule has 0 N–H and O–H groups in total. The number of hydrogen-bond acceptors (Lipinski definition) is 0. The van der Waals surface area contributed by atoms with Gasteiger partial charge in [-0.1, -0.05) is 121 Å². The van der Waals surface area contributed by atoms with Crippen LogP contribution < -0.4 is 0 Å². The van der Waals surface area contributed by atoms with Crippen LogP contribution >= 0.6 is 0 Å². The fourth-order valence-electron chi connectivity index (χ4n) is 7.02. The van der Waals surface area contributed by atoms with E-state index < -0.39 is 41.7 Å². The molecule has 9 rings (SSSR count). The molecule has 0 atom stereocenters. The lowest BCUT2D eigenvalue weighted by Gasteiger charge is -2.32. The van der Waals surface area contributed by atoms with Crippen LogP contribution in [0.15, 0.2) is 170 Å². The van der Waals surface area contributed by atoms with E-state index in [1.807, 2.05) is 85.2 Å². The second-order valence-electron chi connectivity index (χ2n) is 10.6. The van der Waals surface area contributed by atoms with Gasteiger partial charge in [-0.2, -0.15) is 0 Å². The van der Waals surface area contributed by atoms with Gasteiger partial charge in [0.05, 0.1) is 30.2 Å². The Morgan fingerprint density at radius 2 is 0.814 bits per heavy atom. The van der Waals surface area contributed by atoms with Crippen molar-refractivity contribution in [3.05, 3.63) is 192 Å². The zero-order chi connectivity index (χ0) is 37.1. The van der Waals surface area contributed by atoms with E-state index in [0.717, 1.165) is 44.2 Å². The molecule has 1 aliphatic carbocycles. The average Bonchev–Trinajstić information content (AvgIpc) is 3.84. The molecule has 0 radical (unpaired) electrons. The highest BCUT2D eigenvalue weighted by Crippen LogP contribution is 2.59. The fraction of sp³-hybridized carbons (Fsp3) is 0.0244. The van der Waals surface area contributed by atoms with E-state index >= 15 is 0 Å². The molecular weight excluding hydrogens is 520 g/mol. The number of hydrogen-bond donors (Lipinski definition) is 0. The zero-order valence-electron chi connectivity index (χ0n) is 32.8. The Hall–Kier alpha value is -5.60. The Labute approximate surface area is 264 Å². The summed E-state index contributed by atoms with van der Waals surface area (Å²) in [6.07, 6.45) is 3.74. The maximum absolute atomic E-state index is 8.93. The topological polar surface area (TPSA) is 9.86 Å². The Morgan fingerprint density at radius 1 is 0.419 bits per heavy atom. The highest BCUT2D eigenvalue weighted by molar-refractivity contribution is 5.98. The summed E-state index contributed by atoms with van der Waals surface area (Å²) in [6.45, 7) is 0. The van der Waals surface area contributed by atoms with Crippen molar-refractivity contribution in [2.24, 2.45) is 0 Å². The Morgan fingerprint density at radius 3 is 1.28 bits per heavy atom. The highest BCUT2D eigenvalue weighted by atomic mass is 15.0. The van der Waals surface area contributed by atoms with Gasteiger partial charge in [-0.25, -0.2) is 0 Å². The summed E-state index contributed by atoms with van der Waals surface area (Å²) < 4.78 is 89.6. The lowest BCUT2D eigenvalue weighted by atomic mass is 9.67. The number of benzene rings is 6. The van der Waals surface area contributed by atoms with Gasteiger partial charge < -0.3 is 9.13 Å². The van der Waals surface area contributed by atoms with Crippen LogP contribution in [0.2, 0.25) is 0 Å². The largest absolute Gasteiger partial charge is 0.316 e. The molecule has 0 amide bonds. The smallest absolute Gasteiger partial charge is 0.0755 e. The van der Waals surface area contributed by atoms with E-state index in [9.17, 15) is 0 Å². The van der Waals surface area contributed by atoms with Gasteiger partial charge in [0.2, 0.25) is 0 Å². The first-order chi connectivity index (χ1) is 25.5. The molecule has 0 spiro atoms.